The Hall–Kier alpha value is -2.59. The fourth-order valence-electron chi connectivity index (χ4n) is 1.86. The van der Waals surface area contributed by atoms with Crippen molar-refractivity contribution in [3.63, 3.8) is 0 Å². The summed E-state index contributed by atoms with van der Waals surface area (Å²) in [6, 6.07) is 11.2. The van der Waals surface area contributed by atoms with E-state index < -0.39 is 15.8 Å². The van der Waals surface area contributed by atoms with E-state index in [2.05, 4.69) is 0 Å². The Kier molecular flexibility index (Phi) is 3.82. The molecule has 0 aromatic heterocycles. The van der Waals surface area contributed by atoms with Gasteiger partial charge in [0.25, 0.3) is 10.0 Å². The molecule has 0 fully saturated rings. The summed E-state index contributed by atoms with van der Waals surface area (Å²) in [6.07, 6.45) is 0. The van der Waals surface area contributed by atoms with Gasteiger partial charge in [-0.25, -0.2) is 12.8 Å². The molecule has 0 aliphatic carbocycles. The van der Waals surface area contributed by atoms with Crippen molar-refractivity contribution in [3.8, 4) is 6.07 Å². The molecule has 2 aromatic carbocycles. The van der Waals surface area contributed by atoms with Gasteiger partial charge in [0.15, 0.2) is 0 Å². The Morgan fingerprint density at radius 2 is 1.90 bits per heavy atom. The zero-order chi connectivity index (χ0) is 15.6. The standard InChI is InChI=1S/C14H12FN3O2S/c1-18(14-5-3-2-4-10(14)9-16)21(19,20)13-7-11(15)6-12(17)8-13/h2-8H,17H2,1H3. The summed E-state index contributed by atoms with van der Waals surface area (Å²) in [4.78, 5) is -0.268. The predicted octanol–water partition coefficient (Wildman–Crippen LogP) is 2.10. The topological polar surface area (TPSA) is 87.2 Å². The number of nitriles is 1. The van der Waals surface area contributed by atoms with Gasteiger partial charge in [0, 0.05) is 12.7 Å². The van der Waals surface area contributed by atoms with Gasteiger partial charge in [-0.1, -0.05) is 12.1 Å². The molecule has 0 unspecified atom stereocenters. The molecule has 0 aliphatic heterocycles. The second kappa shape index (κ2) is 5.42. The lowest BCUT2D eigenvalue weighted by Crippen LogP contribution is -2.27. The van der Waals surface area contributed by atoms with Crippen LogP contribution in [0.25, 0.3) is 0 Å². The smallest absolute Gasteiger partial charge is 0.264 e. The number of anilines is 2. The molecule has 0 saturated carbocycles. The maximum absolute atomic E-state index is 13.4. The summed E-state index contributed by atoms with van der Waals surface area (Å²) in [5.74, 6) is -0.740. The molecular weight excluding hydrogens is 293 g/mol. The number of para-hydroxylation sites is 1. The summed E-state index contributed by atoms with van der Waals surface area (Å²) < 4.78 is 39.3. The molecule has 2 rings (SSSR count). The van der Waals surface area contributed by atoms with E-state index >= 15 is 0 Å². The predicted molar refractivity (Wildman–Crippen MR) is 77.6 cm³/mol. The summed E-state index contributed by atoms with van der Waals surface area (Å²) in [5.41, 5.74) is 5.90. The number of sulfonamides is 1. The normalized spacial score (nSPS) is 10.9. The van der Waals surface area contributed by atoms with Crippen LogP contribution < -0.4 is 10.0 Å². The third kappa shape index (κ3) is 2.80. The molecule has 0 aliphatic rings. The van der Waals surface area contributed by atoms with E-state index in [4.69, 9.17) is 11.0 Å². The quantitative estimate of drug-likeness (QED) is 0.880. The van der Waals surface area contributed by atoms with E-state index in [0.29, 0.717) is 0 Å². The highest BCUT2D eigenvalue weighted by Crippen LogP contribution is 2.26. The van der Waals surface area contributed by atoms with Crippen LogP contribution in [0, 0.1) is 17.1 Å². The molecule has 2 aromatic rings. The first-order valence-electron chi connectivity index (χ1n) is 5.90. The number of benzene rings is 2. The third-order valence-electron chi connectivity index (χ3n) is 2.92. The lowest BCUT2D eigenvalue weighted by molar-refractivity contribution is 0.589. The monoisotopic (exact) mass is 305 g/mol. The first-order chi connectivity index (χ1) is 9.86. The summed E-state index contributed by atoms with van der Waals surface area (Å²) in [5, 5.41) is 9.04. The van der Waals surface area contributed by atoms with Crippen LogP contribution in [0.2, 0.25) is 0 Å². The lowest BCUT2D eigenvalue weighted by atomic mass is 10.2. The van der Waals surface area contributed by atoms with E-state index in [9.17, 15) is 12.8 Å². The molecule has 0 saturated heterocycles. The van der Waals surface area contributed by atoms with Crippen LogP contribution in [0.1, 0.15) is 5.56 Å². The molecule has 5 nitrogen and oxygen atoms in total. The minimum Gasteiger partial charge on any atom is -0.399 e. The number of hydrogen-bond acceptors (Lipinski definition) is 4. The van der Waals surface area contributed by atoms with Crippen LogP contribution in [0.5, 0.6) is 0 Å². The SMILES string of the molecule is CN(c1ccccc1C#N)S(=O)(=O)c1cc(N)cc(F)c1. The van der Waals surface area contributed by atoms with Crippen LogP contribution in [0.15, 0.2) is 47.4 Å². The molecule has 21 heavy (non-hydrogen) atoms. The molecule has 0 heterocycles. The average molecular weight is 305 g/mol. The van der Waals surface area contributed by atoms with E-state index in [0.717, 1.165) is 16.4 Å². The van der Waals surface area contributed by atoms with Crippen molar-refractivity contribution in [2.45, 2.75) is 4.90 Å². The van der Waals surface area contributed by atoms with E-state index in [-0.39, 0.29) is 21.8 Å². The molecule has 0 spiro atoms. The number of rotatable bonds is 3. The summed E-state index contributed by atoms with van der Waals surface area (Å²) in [7, 11) is -2.71. The zero-order valence-corrected chi connectivity index (χ0v) is 11.9. The minimum atomic E-state index is -4.01. The average Bonchev–Trinajstić information content (AvgIpc) is 2.45. The van der Waals surface area contributed by atoms with Gasteiger partial charge in [-0.15, -0.1) is 0 Å². The minimum absolute atomic E-state index is 0.00976. The van der Waals surface area contributed by atoms with Gasteiger partial charge >= 0.3 is 0 Å². The second-order valence-corrected chi connectivity index (χ2v) is 6.29. The largest absolute Gasteiger partial charge is 0.399 e. The first kappa shape index (κ1) is 14.8. The number of halogens is 1. The summed E-state index contributed by atoms with van der Waals surface area (Å²) in [6.45, 7) is 0. The van der Waals surface area contributed by atoms with E-state index in [1.165, 1.54) is 25.2 Å². The van der Waals surface area contributed by atoms with Gasteiger partial charge in [-0.3, -0.25) is 4.31 Å². The van der Waals surface area contributed by atoms with E-state index in [1.54, 1.807) is 12.1 Å². The lowest BCUT2D eigenvalue weighted by Gasteiger charge is -2.20. The zero-order valence-electron chi connectivity index (χ0n) is 11.1. The van der Waals surface area contributed by atoms with Crippen molar-refractivity contribution in [1.82, 2.24) is 0 Å². The number of nitrogen functional groups attached to an aromatic ring is 1. The Labute approximate surface area is 122 Å². The van der Waals surface area contributed by atoms with Gasteiger partial charge < -0.3 is 5.73 Å². The molecule has 0 atom stereocenters. The molecule has 0 amide bonds. The van der Waals surface area contributed by atoms with Crippen molar-refractivity contribution in [1.29, 1.82) is 5.26 Å². The highest BCUT2D eigenvalue weighted by Gasteiger charge is 2.24. The van der Waals surface area contributed by atoms with Crippen molar-refractivity contribution in [2.75, 3.05) is 17.1 Å². The number of nitrogens with zero attached hydrogens (tertiary/aromatic N) is 2. The third-order valence-corrected chi connectivity index (χ3v) is 4.66. The van der Waals surface area contributed by atoms with Crippen LogP contribution >= 0.6 is 0 Å². The highest BCUT2D eigenvalue weighted by molar-refractivity contribution is 7.92. The van der Waals surface area contributed by atoms with Crippen molar-refractivity contribution in [2.24, 2.45) is 0 Å². The second-order valence-electron chi connectivity index (χ2n) is 4.32. The summed E-state index contributed by atoms with van der Waals surface area (Å²) >= 11 is 0. The Morgan fingerprint density at radius 1 is 1.24 bits per heavy atom. The Bertz CT molecular complexity index is 808. The fraction of sp³-hybridized carbons (Fsp3) is 0.0714. The van der Waals surface area contributed by atoms with Gasteiger partial charge in [-0.05, 0) is 30.3 Å². The molecular formula is C14H12FN3O2S. The molecule has 7 heteroatoms. The Morgan fingerprint density at radius 3 is 2.52 bits per heavy atom. The maximum atomic E-state index is 13.4. The van der Waals surface area contributed by atoms with Gasteiger partial charge in [0.1, 0.15) is 11.9 Å². The highest BCUT2D eigenvalue weighted by atomic mass is 32.2. The van der Waals surface area contributed by atoms with Crippen molar-refractivity contribution in [3.05, 3.63) is 53.8 Å². The molecule has 108 valence electrons. The number of hydrogen-bond donors (Lipinski definition) is 1. The van der Waals surface area contributed by atoms with Crippen LogP contribution in [0.4, 0.5) is 15.8 Å². The number of nitrogens with two attached hydrogens (primary N) is 1. The molecule has 0 radical (unpaired) electrons. The maximum Gasteiger partial charge on any atom is 0.264 e. The Balaban J connectivity index is 2.56. The van der Waals surface area contributed by atoms with Crippen LogP contribution in [-0.2, 0) is 10.0 Å². The van der Waals surface area contributed by atoms with Crippen molar-refractivity contribution >= 4 is 21.4 Å². The molecule has 0 bridgehead atoms. The van der Waals surface area contributed by atoms with Crippen LogP contribution in [0.3, 0.4) is 0 Å². The van der Waals surface area contributed by atoms with Gasteiger partial charge in [0.05, 0.1) is 16.1 Å². The van der Waals surface area contributed by atoms with Crippen molar-refractivity contribution < 1.29 is 12.8 Å². The van der Waals surface area contributed by atoms with Gasteiger partial charge in [0.2, 0.25) is 0 Å². The first-order valence-corrected chi connectivity index (χ1v) is 7.34. The fourth-order valence-corrected chi connectivity index (χ4v) is 3.14. The molecule has 2 N–H and O–H groups in total. The van der Waals surface area contributed by atoms with E-state index in [1.807, 2.05) is 6.07 Å². The van der Waals surface area contributed by atoms with Crippen LogP contribution in [-0.4, -0.2) is 15.5 Å². The van der Waals surface area contributed by atoms with Gasteiger partial charge in [-0.2, -0.15) is 5.26 Å².